The lowest BCUT2D eigenvalue weighted by molar-refractivity contribution is 0.154. The topological polar surface area (TPSA) is 32.3 Å². The molecule has 16 heavy (non-hydrogen) atoms. The zero-order valence-electron chi connectivity index (χ0n) is 10.1. The summed E-state index contributed by atoms with van der Waals surface area (Å²) in [6.07, 6.45) is 0. The molecule has 0 unspecified atom stereocenters. The molecule has 2 N–H and O–H groups in total. The Hall–Kier alpha value is -0.380. The number of nitrogens with one attached hydrogen (secondary N) is 1. The standard InChI is InChI=1S/C13H20BrNO/c1-10(15-8-13(2,3)9-16)11-6-4-5-7-12(11)14/h4-7,10,15-16H,8-9H2,1-3H3/t10-/m1/s1. The summed E-state index contributed by atoms with van der Waals surface area (Å²) in [7, 11) is 0. The second-order valence-corrected chi connectivity index (χ2v) is 5.80. The van der Waals surface area contributed by atoms with Gasteiger partial charge in [-0.15, -0.1) is 0 Å². The van der Waals surface area contributed by atoms with E-state index < -0.39 is 0 Å². The summed E-state index contributed by atoms with van der Waals surface area (Å²) < 4.78 is 1.12. The van der Waals surface area contributed by atoms with Crippen LogP contribution in [0.3, 0.4) is 0 Å². The molecule has 2 nitrogen and oxygen atoms in total. The maximum absolute atomic E-state index is 9.18. The van der Waals surface area contributed by atoms with E-state index in [9.17, 15) is 5.11 Å². The van der Waals surface area contributed by atoms with Crippen molar-refractivity contribution in [3.8, 4) is 0 Å². The predicted octanol–water partition coefficient (Wildman–Crippen LogP) is 3.12. The molecule has 1 aromatic carbocycles. The molecule has 0 fully saturated rings. The van der Waals surface area contributed by atoms with Crippen molar-refractivity contribution in [1.29, 1.82) is 0 Å². The molecule has 0 radical (unpaired) electrons. The van der Waals surface area contributed by atoms with Crippen LogP contribution in [-0.2, 0) is 0 Å². The Bertz CT molecular complexity index is 338. The highest BCUT2D eigenvalue weighted by molar-refractivity contribution is 9.10. The van der Waals surface area contributed by atoms with Crippen molar-refractivity contribution >= 4 is 15.9 Å². The van der Waals surface area contributed by atoms with Crippen LogP contribution in [0.25, 0.3) is 0 Å². The average Bonchev–Trinajstić information content (AvgIpc) is 2.27. The second kappa shape index (κ2) is 5.80. The van der Waals surface area contributed by atoms with Crippen molar-refractivity contribution < 1.29 is 5.11 Å². The van der Waals surface area contributed by atoms with Crippen LogP contribution in [0.4, 0.5) is 0 Å². The van der Waals surface area contributed by atoms with Crippen LogP contribution in [0, 0.1) is 5.41 Å². The summed E-state index contributed by atoms with van der Waals surface area (Å²) in [6, 6.07) is 8.48. The Labute approximate surface area is 106 Å². The van der Waals surface area contributed by atoms with Crippen LogP contribution < -0.4 is 5.32 Å². The van der Waals surface area contributed by atoms with E-state index in [0.29, 0.717) is 0 Å². The molecule has 1 atom stereocenters. The number of benzene rings is 1. The van der Waals surface area contributed by atoms with Gasteiger partial charge in [0, 0.05) is 29.1 Å². The fraction of sp³-hybridized carbons (Fsp3) is 0.538. The predicted molar refractivity (Wildman–Crippen MR) is 71.4 cm³/mol. The van der Waals surface area contributed by atoms with Crippen molar-refractivity contribution in [1.82, 2.24) is 5.32 Å². The minimum Gasteiger partial charge on any atom is -0.396 e. The van der Waals surface area contributed by atoms with Crippen LogP contribution in [0.2, 0.25) is 0 Å². The van der Waals surface area contributed by atoms with E-state index in [4.69, 9.17) is 0 Å². The van der Waals surface area contributed by atoms with Gasteiger partial charge in [-0.05, 0) is 18.6 Å². The van der Waals surface area contributed by atoms with Crippen LogP contribution in [0.1, 0.15) is 32.4 Å². The first kappa shape index (κ1) is 13.7. The monoisotopic (exact) mass is 285 g/mol. The zero-order chi connectivity index (χ0) is 12.2. The van der Waals surface area contributed by atoms with Crippen molar-refractivity contribution in [2.45, 2.75) is 26.8 Å². The number of aliphatic hydroxyl groups is 1. The number of halogens is 1. The van der Waals surface area contributed by atoms with Crippen molar-refractivity contribution in [2.24, 2.45) is 5.41 Å². The van der Waals surface area contributed by atoms with Crippen molar-refractivity contribution in [2.75, 3.05) is 13.2 Å². The first-order valence-corrected chi connectivity index (χ1v) is 6.34. The van der Waals surface area contributed by atoms with Gasteiger partial charge in [-0.1, -0.05) is 48.0 Å². The van der Waals surface area contributed by atoms with Gasteiger partial charge in [-0.25, -0.2) is 0 Å². The fourth-order valence-electron chi connectivity index (χ4n) is 1.42. The highest BCUT2D eigenvalue weighted by atomic mass is 79.9. The second-order valence-electron chi connectivity index (χ2n) is 4.95. The quantitative estimate of drug-likeness (QED) is 0.871. The third-order valence-electron chi connectivity index (χ3n) is 2.69. The van der Waals surface area contributed by atoms with Crippen LogP contribution in [0.5, 0.6) is 0 Å². The smallest absolute Gasteiger partial charge is 0.0494 e. The normalized spacial score (nSPS) is 13.8. The van der Waals surface area contributed by atoms with Crippen LogP contribution >= 0.6 is 15.9 Å². The van der Waals surface area contributed by atoms with Gasteiger partial charge in [0.2, 0.25) is 0 Å². The Kier molecular flexibility index (Phi) is 4.96. The van der Waals surface area contributed by atoms with E-state index in [0.717, 1.165) is 11.0 Å². The number of hydrogen-bond acceptors (Lipinski definition) is 2. The Balaban J connectivity index is 2.60. The minimum atomic E-state index is -0.0739. The first-order chi connectivity index (χ1) is 7.46. The van der Waals surface area contributed by atoms with Gasteiger partial charge in [0.05, 0.1) is 0 Å². The van der Waals surface area contributed by atoms with Crippen LogP contribution in [0.15, 0.2) is 28.7 Å². The molecule has 0 aliphatic rings. The lowest BCUT2D eigenvalue weighted by Crippen LogP contribution is -2.33. The molecule has 1 rings (SSSR count). The lowest BCUT2D eigenvalue weighted by Gasteiger charge is -2.25. The molecular weight excluding hydrogens is 266 g/mol. The molecule has 0 bridgehead atoms. The van der Waals surface area contributed by atoms with Crippen LogP contribution in [-0.4, -0.2) is 18.3 Å². The lowest BCUT2D eigenvalue weighted by atomic mass is 9.94. The molecular formula is C13H20BrNO. The number of hydrogen-bond donors (Lipinski definition) is 2. The highest BCUT2D eigenvalue weighted by Gasteiger charge is 2.18. The number of rotatable bonds is 5. The molecule has 0 saturated carbocycles. The van der Waals surface area contributed by atoms with E-state index in [1.165, 1.54) is 5.56 Å². The molecule has 0 aliphatic heterocycles. The van der Waals surface area contributed by atoms with E-state index in [1.807, 2.05) is 32.0 Å². The van der Waals surface area contributed by atoms with Gasteiger partial charge in [0.1, 0.15) is 0 Å². The van der Waals surface area contributed by atoms with Gasteiger partial charge >= 0.3 is 0 Å². The van der Waals surface area contributed by atoms with E-state index >= 15 is 0 Å². The molecule has 1 aromatic rings. The van der Waals surface area contributed by atoms with Crippen molar-refractivity contribution in [3.63, 3.8) is 0 Å². The summed E-state index contributed by atoms with van der Waals surface area (Å²) >= 11 is 3.55. The van der Waals surface area contributed by atoms with E-state index in [2.05, 4.69) is 34.2 Å². The van der Waals surface area contributed by atoms with Gasteiger partial charge in [0.25, 0.3) is 0 Å². The van der Waals surface area contributed by atoms with Crippen molar-refractivity contribution in [3.05, 3.63) is 34.3 Å². The molecule has 0 amide bonds. The Morgan fingerprint density at radius 3 is 2.56 bits per heavy atom. The zero-order valence-corrected chi connectivity index (χ0v) is 11.7. The Morgan fingerprint density at radius 2 is 2.00 bits per heavy atom. The van der Waals surface area contributed by atoms with E-state index in [-0.39, 0.29) is 18.1 Å². The van der Waals surface area contributed by atoms with E-state index in [1.54, 1.807) is 0 Å². The maximum Gasteiger partial charge on any atom is 0.0494 e. The summed E-state index contributed by atoms with van der Waals surface area (Å²) in [4.78, 5) is 0. The third-order valence-corrected chi connectivity index (χ3v) is 3.41. The number of aliphatic hydroxyl groups excluding tert-OH is 1. The fourth-order valence-corrected chi connectivity index (χ4v) is 2.05. The molecule has 0 aliphatic carbocycles. The molecule has 3 heteroatoms. The summed E-state index contributed by atoms with van der Waals surface area (Å²) in [5.41, 5.74) is 1.17. The molecule has 0 aromatic heterocycles. The minimum absolute atomic E-state index is 0.0739. The SMILES string of the molecule is C[C@@H](NCC(C)(C)CO)c1ccccc1Br. The maximum atomic E-state index is 9.18. The summed E-state index contributed by atoms with van der Waals surface area (Å²) in [5, 5.41) is 12.6. The largest absolute Gasteiger partial charge is 0.396 e. The first-order valence-electron chi connectivity index (χ1n) is 5.55. The average molecular weight is 286 g/mol. The third kappa shape index (κ3) is 3.89. The summed E-state index contributed by atoms with van der Waals surface area (Å²) in [5.74, 6) is 0. The van der Waals surface area contributed by atoms with Gasteiger partial charge in [-0.2, -0.15) is 0 Å². The molecule has 90 valence electrons. The van der Waals surface area contributed by atoms with Gasteiger partial charge < -0.3 is 10.4 Å². The Morgan fingerprint density at radius 1 is 1.38 bits per heavy atom. The molecule has 0 saturated heterocycles. The molecule has 0 spiro atoms. The molecule has 0 heterocycles. The summed E-state index contributed by atoms with van der Waals surface area (Å²) in [6.45, 7) is 7.22. The van der Waals surface area contributed by atoms with Gasteiger partial charge in [0.15, 0.2) is 0 Å². The van der Waals surface area contributed by atoms with Gasteiger partial charge in [-0.3, -0.25) is 0 Å². The highest BCUT2D eigenvalue weighted by Crippen LogP contribution is 2.23.